The Kier molecular flexibility index (Phi) is 10.3. The fourth-order valence-electron chi connectivity index (χ4n) is 4.85. The maximum Gasteiger partial charge on any atom is 0.330 e. The number of aromatic nitrogens is 1. The summed E-state index contributed by atoms with van der Waals surface area (Å²) >= 11 is 0. The van der Waals surface area contributed by atoms with Gasteiger partial charge in [0.15, 0.2) is 0 Å². The average Bonchev–Trinajstić information content (AvgIpc) is 2.92. The summed E-state index contributed by atoms with van der Waals surface area (Å²) in [6.07, 6.45) is 4.64. The standard InChI is InChI=1S/C29H39N5O6S/c1-3-40-29(37)25(33-28(36)22-18-34(19-22)41(38,39)24-11-6-8-20(2)16-24)17-31-26(35)12-5-4-10-23-14-13-21-9-7-15-30-27(21)32-23/h6,8,11,13-14,16,22,25H,3-5,7,9-10,12,15,17-19H2,1-2H3,(H,30,32)(H,31,35)(H,33,36). The van der Waals surface area contributed by atoms with Crippen LogP contribution in [0.15, 0.2) is 41.3 Å². The van der Waals surface area contributed by atoms with Gasteiger partial charge in [-0.15, -0.1) is 0 Å². The Bertz CT molecular complexity index is 1360. The number of carbonyl (C=O) groups excluding carboxylic acids is 3. The Morgan fingerprint density at radius 3 is 2.73 bits per heavy atom. The van der Waals surface area contributed by atoms with Gasteiger partial charge < -0.3 is 20.7 Å². The molecule has 2 aliphatic heterocycles. The maximum atomic E-state index is 12.8. The van der Waals surface area contributed by atoms with Gasteiger partial charge in [-0.3, -0.25) is 9.59 Å². The first-order valence-corrected chi connectivity index (χ1v) is 15.6. The van der Waals surface area contributed by atoms with Gasteiger partial charge in [-0.05, 0) is 75.3 Å². The minimum atomic E-state index is -3.70. The highest BCUT2D eigenvalue weighted by atomic mass is 32.2. The minimum absolute atomic E-state index is 0.0130. The molecule has 1 saturated heterocycles. The molecule has 3 heterocycles. The summed E-state index contributed by atoms with van der Waals surface area (Å²) < 4.78 is 32.0. The number of nitrogens with one attached hydrogen (secondary N) is 3. The number of pyridine rings is 1. The van der Waals surface area contributed by atoms with Gasteiger partial charge in [0.2, 0.25) is 21.8 Å². The first-order valence-electron chi connectivity index (χ1n) is 14.2. The van der Waals surface area contributed by atoms with Crippen molar-refractivity contribution in [2.45, 2.75) is 63.3 Å². The molecular weight excluding hydrogens is 546 g/mol. The molecule has 3 N–H and O–H groups in total. The largest absolute Gasteiger partial charge is 0.464 e. The molecule has 1 aromatic carbocycles. The fourth-order valence-corrected chi connectivity index (χ4v) is 6.49. The zero-order valence-corrected chi connectivity index (χ0v) is 24.5. The monoisotopic (exact) mass is 585 g/mol. The van der Waals surface area contributed by atoms with Gasteiger partial charge in [0, 0.05) is 38.3 Å². The lowest BCUT2D eigenvalue weighted by Gasteiger charge is -2.37. The number of fused-ring (bicyclic) bond motifs is 1. The third-order valence-corrected chi connectivity index (χ3v) is 9.10. The summed E-state index contributed by atoms with van der Waals surface area (Å²) in [6, 6.07) is 9.69. The number of aryl methyl sites for hydroxylation is 3. The molecule has 1 unspecified atom stereocenters. The Balaban J connectivity index is 1.21. The van der Waals surface area contributed by atoms with Gasteiger partial charge in [-0.1, -0.05) is 18.2 Å². The van der Waals surface area contributed by atoms with Crippen LogP contribution in [-0.2, 0) is 42.0 Å². The predicted octanol–water partition coefficient (Wildman–Crippen LogP) is 1.95. The van der Waals surface area contributed by atoms with Crippen molar-refractivity contribution in [1.29, 1.82) is 0 Å². The van der Waals surface area contributed by atoms with Gasteiger partial charge in [-0.2, -0.15) is 4.31 Å². The molecule has 2 aromatic rings. The van der Waals surface area contributed by atoms with E-state index < -0.39 is 33.9 Å². The lowest BCUT2D eigenvalue weighted by molar-refractivity contribution is -0.148. The van der Waals surface area contributed by atoms with Crippen molar-refractivity contribution in [1.82, 2.24) is 19.9 Å². The molecule has 2 aliphatic rings. The van der Waals surface area contributed by atoms with E-state index >= 15 is 0 Å². The highest BCUT2D eigenvalue weighted by molar-refractivity contribution is 7.89. The Morgan fingerprint density at radius 1 is 1.17 bits per heavy atom. The topological polar surface area (TPSA) is 147 Å². The summed E-state index contributed by atoms with van der Waals surface area (Å²) in [7, 11) is -3.70. The summed E-state index contributed by atoms with van der Waals surface area (Å²) in [5.74, 6) is -0.986. The second-order valence-electron chi connectivity index (χ2n) is 10.5. The number of carbonyl (C=O) groups is 3. The van der Waals surface area contributed by atoms with Crippen molar-refractivity contribution in [3.05, 3.63) is 53.2 Å². The molecule has 0 aliphatic carbocycles. The number of sulfonamides is 1. The van der Waals surface area contributed by atoms with Crippen LogP contribution in [0.2, 0.25) is 0 Å². The molecule has 0 radical (unpaired) electrons. The number of hydrogen-bond donors (Lipinski definition) is 3. The summed E-state index contributed by atoms with van der Waals surface area (Å²) in [6.45, 7) is 4.44. The lowest BCUT2D eigenvalue weighted by Crippen LogP contribution is -2.59. The second kappa shape index (κ2) is 13.9. The molecule has 0 bridgehead atoms. The van der Waals surface area contributed by atoms with Crippen LogP contribution in [0.5, 0.6) is 0 Å². The van der Waals surface area contributed by atoms with Crippen molar-refractivity contribution in [3.8, 4) is 0 Å². The zero-order chi connectivity index (χ0) is 29.4. The van der Waals surface area contributed by atoms with Gasteiger partial charge in [0.05, 0.1) is 17.4 Å². The van der Waals surface area contributed by atoms with Gasteiger partial charge in [-0.25, -0.2) is 18.2 Å². The number of rotatable bonds is 13. The number of amides is 2. The summed E-state index contributed by atoms with van der Waals surface area (Å²) in [5.41, 5.74) is 3.05. The molecule has 222 valence electrons. The molecule has 12 heteroatoms. The van der Waals surface area contributed by atoms with Gasteiger partial charge in [0.1, 0.15) is 11.9 Å². The quantitative estimate of drug-likeness (QED) is 0.239. The smallest absolute Gasteiger partial charge is 0.330 e. The normalized spacial score (nSPS) is 16.0. The molecule has 1 aromatic heterocycles. The molecule has 0 spiro atoms. The van der Waals surface area contributed by atoms with Crippen molar-refractivity contribution in [3.63, 3.8) is 0 Å². The van der Waals surface area contributed by atoms with Crippen LogP contribution >= 0.6 is 0 Å². The van der Waals surface area contributed by atoms with Crippen LogP contribution in [0.1, 0.15) is 49.4 Å². The highest BCUT2D eigenvalue weighted by Gasteiger charge is 2.41. The Labute approximate surface area is 241 Å². The van der Waals surface area contributed by atoms with Crippen LogP contribution in [0, 0.1) is 12.8 Å². The molecule has 41 heavy (non-hydrogen) atoms. The second-order valence-corrected chi connectivity index (χ2v) is 12.4. The van der Waals surface area contributed by atoms with Crippen LogP contribution in [0.4, 0.5) is 5.82 Å². The number of esters is 1. The van der Waals surface area contributed by atoms with Crippen LogP contribution in [-0.4, -0.2) is 74.3 Å². The van der Waals surface area contributed by atoms with Crippen molar-refractivity contribution in [2.24, 2.45) is 5.92 Å². The third kappa shape index (κ3) is 8.04. The number of nitrogens with zero attached hydrogens (tertiary/aromatic N) is 2. The van der Waals surface area contributed by atoms with E-state index in [0.29, 0.717) is 6.42 Å². The van der Waals surface area contributed by atoms with E-state index in [0.717, 1.165) is 49.3 Å². The number of anilines is 1. The molecule has 4 rings (SSSR count). The molecule has 0 saturated carbocycles. The third-order valence-electron chi connectivity index (χ3n) is 7.28. The summed E-state index contributed by atoms with van der Waals surface area (Å²) in [5, 5.41) is 8.67. The molecular formula is C29H39N5O6S. The van der Waals surface area contributed by atoms with E-state index in [9.17, 15) is 22.8 Å². The zero-order valence-electron chi connectivity index (χ0n) is 23.6. The average molecular weight is 586 g/mol. The van der Waals surface area contributed by atoms with Crippen LogP contribution in [0.3, 0.4) is 0 Å². The van der Waals surface area contributed by atoms with E-state index in [2.05, 4.69) is 27.0 Å². The van der Waals surface area contributed by atoms with Crippen molar-refractivity contribution >= 4 is 33.6 Å². The Morgan fingerprint density at radius 2 is 1.98 bits per heavy atom. The fraction of sp³-hybridized carbons (Fsp3) is 0.517. The molecule has 1 atom stereocenters. The SMILES string of the molecule is CCOC(=O)C(CNC(=O)CCCCc1ccc2c(n1)NCCC2)NC(=O)C1CN(S(=O)(=O)c2cccc(C)c2)C1. The molecule has 2 amide bonds. The molecule has 1 fully saturated rings. The van der Waals surface area contributed by atoms with Crippen molar-refractivity contribution in [2.75, 3.05) is 38.1 Å². The number of unbranched alkanes of at least 4 members (excludes halogenated alkanes) is 1. The van der Waals surface area contributed by atoms with E-state index in [1.807, 2.05) is 19.1 Å². The van der Waals surface area contributed by atoms with Crippen LogP contribution < -0.4 is 16.0 Å². The molecule has 11 nitrogen and oxygen atoms in total. The highest BCUT2D eigenvalue weighted by Crippen LogP contribution is 2.26. The number of ether oxygens (including phenoxy) is 1. The predicted molar refractivity (Wildman–Crippen MR) is 154 cm³/mol. The van der Waals surface area contributed by atoms with Gasteiger partial charge in [0.25, 0.3) is 0 Å². The van der Waals surface area contributed by atoms with E-state index in [1.165, 1.54) is 15.9 Å². The van der Waals surface area contributed by atoms with Crippen molar-refractivity contribution < 1.29 is 27.5 Å². The number of hydrogen-bond acceptors (Lipinski definition) is 8. The minimum Gasteiger partial charge on any atom is -0.464 e. The Hall–Kier alpha value is -3.51. The van der Waals surface area contributed by atoms with E-state index in [-0.39, 0.29) is 43.5 Å². The van der Waals surface area contributed by atoms with E-state index in [4.69, 9.17) is 4.74 Å². The lowest BCUT2D eigenvalue weighted by atomic mass is 10.0. The van der Waals surface area contributed by atoms with Crippen LogP contribution in [0.25, 0.3) is 0 Å². The first kappa shape index (κ1) is 30.4. The summed E-state index contributed by atoms with van der Waals surface area (Å²) in [4.78, 5) is 42.6. The maximum absolute atomic E-state index is 12.8. The van der Waals surface area contributed by atoms with E-state index in [1.54, 1.807) is 19.1 Å². The van der Waals surface area contributed by atoms with Gasteiger partial charge >= 0.3 is 5.97 Å². The first-order chi connectivity index (χ1) is 19.7. The number of benzene rings is 1.